The predicted octanol–water partition coefficient (Wildman–Crippen LogP) is 3.62. The van der Waals surface area contributed by atoms with E-state index in [0.29, 0.717) is 55.1 Å². The lowest BCUT2D eigenvalue weighted by Crippen LogP contribution is -2.16. The Morgan fingerprint density at radius 2 is 2.08 bits per heavy atom. The molecule has 0 unspecified atom stereocenters. The molecule has 0 atom stereocenters. The molecule has 0 saturated carbocycles. The molecule has 1 aromatic carbocycles. The van der Waals surface area contributed by atoms with Gasteiger partial charge in [0.2, 0.25) is 5.91 Å². The number of amides is 1. The van der Waals surface area contributed by atoms with E-state index < -0.39 is 0 Å². The molecule has 1 amide bonds. The number of hydrogen-bond acceptors (Lipinski definition) is 4. The van der Waals surface area contributed by atoms with Gasteiger partial charge in [-0.05, 0) is 18.1 Å². The van der Waals surface area contributed by atoms with Crippen molar-refractivity contribution in [2.24, 2.45) is 0 Å². The number of anilines is 1. The van der Waals surface area contributed by atoms with Gasteiger partial charge in [0.05, 0.1) is 36.0 Å². The first kappa shape index (κ1) is 19.7. The van der Waals surface area contributed by atoms with Crippen LogP contribution in [0.4, 0.5) is 5.82 Å². The maximum Gasteiger partial charge on any atom is 0.225 e. The van der Waals surface area contributed by atoms with E-state index in [1.165, 1.54) is 0 Å². The van der Waals surface area contributed by atoms with Gasteiger partial charge in [-0.15, -0.1) is 0 Å². The van der Waals surface area contributed by atoms with E-state index in [1.54, 1.807) is 30.1 Å². The highest BCUT2D eigenvalue weighted by Crippen LogP contribution is 2.26. The predicted molar refractivity (Wildman–Crippen MR) is 98.3 cm³/mol. The summed E-state index contributed by atoms with van der Waals surface area (Å²) in [5.74, 6) is 0.524. The fourth-order valence-corrected chi connectivity index (χ4v) is 2.56. The Labute approximate surface area is 157 Å². The molecule has 0 aliphatic carbocycles. The van der Waals surface area contributed by atoms with Crippen molar-refractivity contribution in [2.75, 3.05) is 32.2 Å². The maximum absolute atomic E-state index is 12.0. The van der Waals surface area contributed by atoms with Crippen molar-refractivity contribution in [1.82, 2.24) is 9.78 Å². The third-order valence-electron chi connectivity index (χ3n) is 3.46. The summed E-state index contributed by atoms with van der Waals surface area (Å²) in [5.41, 5.74) is 0.833. The van der Waals surface area contributed by atoms with Crippen LogP contribution in [-0.2, 0) is 20.8 Å². The largest absolute Gasteiger partial charge is 0.382 e. The zero-order valence-corrected chi connectivity index (χ0v) is 15.5. The van der Waals surface area contributed by atoms with Crippen LogP contribution in [0.25, 0.3) is 0 Å². The Morgan fingerprint density at radius 3 is 2.88 bits per heavy atom. The summed E-state index contributed by atoms with van der Waals surface area (Å²) >= 11 is 12.2. The number of nitrogens with one attached hydrogen (secondary N) is 1. The lowest BCUT2D eigenvalue weighted by Gasteiger charge is -2.11. The Bertz CT molecular complexity index is 692. The molecule has 1 N–H and O–H groups in total. The minimum Gasteiger partial charge on any atom is -0.382 e. The van der Waals surface area contributed by atoms with Gasteiger partial charge < -0.3 is 14.8 Å². The molecule has 1 aromatic heterocycles. The summed E-state index contributed by atoms with van der Waals surface area (Å²) in [4.78, 5) is 12.0. The molecular formula is C17H21Cl2N3O3. The first-order valence-corrected chi connectivity index (χ1v) is 8.68. The van der Waals surface area contributed by atoms with Crippen LogP contribution in [0.1, 0.15) is 18.4 Å². The smallest absolute Gasteiger partial charge is 0.225 e. The minimum atomic E-state index is -0.0886. The highest BCUT2D eigenvalue weighted by atomic mass is 35.5. The van der Waals surface area contributed by atoms with E-state index >= 15 is 0 Å². The van der Waals surface area contributed by atoms with Crippen LogP contribution in [0.3, 0.4) is 0 Å². The first-order chi connectivity index (χ1) is 12.1. The average Bonchev–Trinajstić information content (AvgIpc) is 3.02. The van der Waals surface area contributed by atoms with E-state index in [2.05, 4.69) is 10.4 Å². The highest BCUT2D eigenvalue weighted by molar-refractivity contribution is 6.42. The van der Waals surface area contributed by atoms with E-state index in [4.69, 9.17) is 32.7 Å². The van der Waals surface area contributed by atoms with E-state index in [1.807, 2.05) is 12.1 Å². The zero-order chi connectivity index (χ0) is 18.1. The fourth-order valence-electron chi connectivity index (χ4n) is 2.18. The SMILES string of the molecule is COCCOCCCC(=O)Nc1ccnn1Cc1cccc(Cl)c1Cl. The van der Waals surface area contributed by atoms with Crippen molar-refractivity contribution in [3.05, 3.63) is 46.1 Å². The average molecular weight is 386 g/mol. The molecule has 0 bridgehead atoms. The molecule has 0 fully saturated rings. The molecular weight excluding hydrogens is 365 g/mol. The third kappa shape index (κ3) is 6.32. The van der Waals surface area contributed by atoms with Gasteiger partial charge in [0.15, 0.2) is 0 Å². The fraction of sp³-hybridized carbons (Fsp3) is 0.412. The van der Waals surface area contributed by atoms with Gasteiger partial charge in [0.1, 0.15) is 5.82 Å². The van der Waals surface area contributed by atoms with Crippen molar-refractivity contribution in [2.45, 2.75) is 19.4 Å². The lowest BCUT2D eigenvalue weighted by atomic mass is 10.2. The molecule has 25 heavy (non-hydrogen) atoms. The Hall–Kier alpha value is -1.60. The number of carbonyl (C=O) groups is 1. The van der Waals surface area contributed by atoms with Crippen LogP contribution >= 0.6 is 23.2 Å². The van der Waals surface area contributed by atoms with Gasteiger partial charge in [-0.3, -0.25) is 4.79 Å². The monoisotopic (exact) mass is 385 g/mol. The molecule has 1 heterocycles. The van der Waals surface area contributed by atoms with Gasteiger partial charge in [0.25, 0.3) is 0 Å². The molecule has 0 saturated heterocycles. The van der Waals surface area contributed by atoms with Crippen molar-refractivity contribution in [3.8, 4) is 0 Å². The number of nitrogens with zero attached hydrogens (tertiary/aromatic N) is 2. The number of hydrogen-bond donors (Lipinski definition) is 1. The second kappa shape index (κ2) is 10.4. The molecule has 6 nitrogen and oxygen atoms in total. The standard InChI is InChI=1S/C17H21Cl2N3O3/c1-24-10-11-25-9-3-6-16(23)21-15-7-8-20-22(15)12-13-4-2-5-14(18)17(13)19/h2,4-5,7-8H,3,6,9-12H2,1H3,(H,21,23). The van der Waals surface area contributed by atoms with Gasteiger partial charge in [-0.25, -0.2) is 4.68 Å². The summed E-state index contributed by atoms with van der Waals surface area (Å²) in [6, 6.07) is 7.17. The van der Waals surface area contributed by atoms with Crippen LogP contribution < -0.4 is 5.32 Å². The number of carbonyl (C=O) groups excluding carboxylic acids is 1. The van der Waals surface area contributed by atoms with Crippen LogP contribution in [0.5, 0.6) is 0 Å². The summed E-state index contributed by atoms with van der Waals surface area (Å²) in [7, 11) is 1.62. The lowest BCUT2D eigenvalue weighted by molar-refractivity contribution is -0.116. The quantitative estimate of drug-likeness (QED) is 0.634. The number of methoxy groups -OCH3 is 1. The third-order valence-corrected chi connectivity index (χ3v) is 4.32. The van der Waals surface area contributed by atoms with Crippen LogP contribution in [-0.4, -0.2) is 42.6 Å². The van der Waals surface area contributed by atoms with Crippen LogP contribution in [0.15, 0.2) is 30.5 Å². The Morgan fingerprint density at radius 1 is 1.24 bits per heavy atom. The Kier molecular flexibility index (Phi) is 8.21. The number of rotatable bonds is 10. The number of aromatic nitrogens is 2. The first-order valence-electron chi connectivity index (χ1n) is 7.93. The number of benzene rings is 1. The van der Waals surface area contributed by atoms with E-state index in [9.17, 15) is 4.79 Å². The highest BCUT2D eigenvalue weighted by Gasteiger charge is 2.10. The summed E-state index contributed by atoms with van der Waals surface area (Å²) < 4.78 is 11.9. The number of halogens is 2. The Balaban J connectivity index is 1.84. The van der Waals surface area contributed by atoms with Crippen LogP contribution in [0, 0.1) is 0 Å². The normalized spacial score (nSPS) is 10.8. The van der Waals surface area contributed by atoms with E-state index in [0.717, 1.165) is 5.56 Å². The van der Waals surface area contributed by atoms with Gasteiger partial charge in [-0.2, -0.15) is 5.10 Å². The summed E-state index contributed by atoms with van der Waals surface area (Å²) in [6.45, 7) is 2.03. The minimum absolute atomic E-state index is 0.0886. The van der Waals surface area contributed by atoms with Gasteiger partial charge in [-0.1, -0.05) is 35.3 Å². The second-order valence-corrected chi connectivity index (χ2v) is 6.13. The maximum atomic E-state index is 12.0. The van der Waals surface area contributed by atoms with Crippen LogP contribution in [0.2, 0.25) is 10.0 Å². The topological polar surface area (TPSA) is 65.4 Å². The molecule has 0 aliphatic heterocycles. The summed E-state index contributed by atoms with van der Waals surface area (Å²) in [5, 5.41) is 8.06. The molecule has 0 radical (unpaired) electrons. The molecule has 2 aromatic rings. The molecule has 136 valence electrons. The van der Waals surface area contributed by atoms with E-state index in [-0.39, 0.29) is 5.91 Å². The van der Waals surface area contributed by atoms with Crippen molar-refractivity contribution >= 4 is 34.9 Å². The zero-order valence-electron chi connectivity index (χ0n) is 14.0. The number of ether oxygens (including phenoxy) is 2. The second-order valence-electron chi connectivity index (χ2n) is 5.34. The van der Waals surface area contributed by atoms with Crippen molar-refractivity contribution in [3.63, 3.8) is 0 Å². The van der Waals surface area contributed by atoms with Gasteiger partial charge >= 0.3 is 0 Å². The van der Waals surface area contributed by atoms with Crippen molar-refractivity contribution < 1.29 is 14.3 Å². The molecule has 0 spiro atoms. The summed E-state index contributed by atoms with van der Waals surface area (Å²) in [6.07, 6.45) is 2.64. The molecule has 2 rings (SSSR count). The van der Waals surface area contributed by atoms with Gasteiger partial charge in [0, 0.05) is 26.2 Å². The molecule has 8 heteroatoms. The van der Waals surface area contributed by atoms with Crippen molar-refractivity contribution in [1.29, 1.82) is 0 Å². The molecule has 0 aliphatic rings.